The maximum atomic E-state index is 13.7. The van der Waals surface area contributed by atoms with Gasteiger partial charge in [0, 0.05) is 24.6 Å². The molecule has 1 saturated heterocycles. The second-order valence-electron chi connectivity index (χ2n) is 10.3. The Morgan fingerprint density at radius 3 is 2.44 bits per heavy atom. The number of hydrogen-bond donors (Lipinski definition) is 1. The number of allylic oxidation sites excluding steroid dienone is 2. The molecule has 3 atom stereocenters. The molecule has 1 N–H and O–H groups in total. The number of para-hydroxylation sites is 2. The van der Waals surface area contributed by atoms with Crippen molar-refractivity contribution in [3.8, 4) is 5.75 Å². The summed E-state index contributed by atoms with van der Waals surface area (Å²) in [6.45, 7) is 2.24. The number of carbonyl (C=O) groups excluding carboxylic acids is 1. The standard InChI is InChI=1S/C32H34N2O2/c35-32(34-20-8-1-2-9-21-34)28-18-11-17-26-24-15-10-16-25(24)30(33-31(26)28)27-14-6-7-19-29(27)36-22-23-12-4-3-5-13-23/h3-7,10-15,17-19,24-25,30,33H,1-2,8-9,16,20-22H2. The van der Waals surface area contributed by atoms with Crippen LogP contribution >= 0.6 is 0 Å². The first-order valence-electron chi connectivity index (χ1n) is 13.4. The summed E-state index contributed by atoms with van der Waals surface area (Å²) in [6.07, 6.45) is 10.3. The molecule has 3 unspecified atom stereocenters. The molecule has 1 amide bonds. The topological polar surface area (TPSA) is 41.6 Å². The molecule has 6 rings (SSSR count). The fraction of sp³-hybridized carbons (Fsp3) is 0.344. The van der Waals surface area contributed by atoms with E-state index in [-0.39, 0.29) is 11.9 Å². The van der Waals surface area contributed by atoms with Crippen LogP contribution < -0.4 is 10.1 Å². The van der Waals surface area contributed by atoms with E-state index in [0.717, 1.165) is 60.5 Å². The third-order valence-electron chi connectivity index (χ3n) is 8.01. The lowest BCUT2D eigenvalue weighted by Gasteiger charge is -2.39. The Balaban J connectivity index is 1.34. The Morgan fingerprint density at radius 2 is 1.61 bits per heavy atom. The molecular formula is C32H34N2O2. The van der Waals surface area contributed by atoms with E-state index in [1.54, 1.807) is 0 Å². The second-order valence-corrected chi connectivity index (χ2v) is 10.3. The number of hydrogen-bond acceptors (Lipinski definition) is 3. The molecule has 36 heavy (non-hydrogen) atoms. The number of rotatable bonds is 5. The smallest absolute Gasteiger partial charge is 0.255 e. The lowest BCUT2D eigenvalue weighted by Crippen LogP contribution is -2.35. The molecule has 0 aromatic heterocycles. The molecule has 0 spiro atoms. The number of amides is 1. The highest BCUT2D eigenvalue weighted by Crippen LogP contribution is 2.52. The van der Waals surface area contributed by atoms with Crippen molar-refractivity contribution in [1.29, 1.82) is 0 Å². The summed E-state index contributed by atoms with van der Waals surface area (Å²) in [6, 6.07) is 25.0. The predicted octanol–water partition coefficient (Wildman–Crippen LogP) is 7.11. The first-order valence-corrected chi connectivity index (χ1v) is 13.4. The summed E-state index contributed by atoms with van der Waals surface area (Å²) < 4.78 is 6.36. The van der Waals surface area contributed by atoms with Crippen LogP contribution in [-0.2, 0) is 6.61 Å². The fourth-order valence-corrected chi connectivity index (χ4v) is 6.16. The molecule has 4 nitrogen and oxygen atoms in total. The summed E-state index contributed by atoms with van der Waals surface area (Å²) in [5.74, 6) is 1.76. The molecule has 1 aliphatic carbocycles. The third kappa shape index (κ3) is 4.41. The van der Waals surface area contributed by atoms with E-state index in [1.165, 1.54) is 18.4 Å². The number of carbonyl (C=O) groups is 1. The van der Waals surface area contributed by atoms with Crippen molar-refractivity contribution in [1.82, 2.24) is 4.90 Å². The van der Waals surface area contributed by atoms with Crippen LogP contribution in [0.3, 0.4) is 0 Å². The monoisotopic (exact) mass is 478 g/mol. The number of nitrogens with zero attached hydrogens (tertiary/aromatic N) is 1. The summed E-state index contributed by atoms with van der Waals surface area (Å²) in [5.41, 5.74) is 5.37. The normalized spacial score (nSPS) is 22.8. The van der Waals surface area contributed by atoms with Gasteiger partial charge in [-0.2, -0.15) is 0 Å². The van der Waals surface area contributed by atoms with Gasteiger partial charge in [0.2, 0.25) is 0 Å². The minimum absolute atomic E-state index is 0.0718. The highest BCUT2D eigenvalue weighted by molar-refractivity contribution is 6.01. The van der Waals surface area contributed by atoms with Gasteiger partial charge in [0.15, 0.2) is 0 Å². The first kappa shape index (κ1) is 22.9. The van der Waals surface area contributed by atoms with Crippen molar-refractivity contribution >= 4 is 11.6 Å². The third-order valence-corrected chi connectivity index (χ3v) is 8.01. The number of benzene rings is 3. The molecule has 1 fully saturated rings. The molecule has 4 heteroatoms. The van der Waals surface area contributed by atoms with Crippen LogP contribution in [-0.4, -0.2) is 23.9 Å². The molecule has 0 radical (unpaired) electrons. The number of likely N-dealkylation sites (tertiary alicyclic amines) is 1. The highest BCUT2D eigenvalue weighted by Gasteiger charge is 2.40. The zero-order chi connectivity index (χ0) is 24.3. The fourth-order valence-electron chi connectivity index (χ4n) is 6.16. The van der Waals surface area contributed by atoms with Crippen LogP contribution in [0.5, 0.6) is 5.75 Å². The molecule has 0 bridgehead atoms. The average molecular weight is 479 g/mol. The van der Waals surface area contributed by atoms with Crippen LogP contribution in [0.15, 0.2) is 84.9 Å². The average Bonchev–Trinajstić information content (AvgIpc) is 3.27. The van der Waals surface area contributed by atoms with Gasteiger partial charge in [-0.1, -0.05) is 85.7 Å². The summed E-state index contributed by atoms with van der Waals surface area (Å²) >= 11 is 0. The van der Waals surface area contributed by atoms with Gasteiger partial charge in [0.05, 0.1) is 17.3 Å². The van der Waals surface area contributed by atoms with E-state index in [4.69, 9.17) is 4.74 Å². The van der Waals surface area contributed by atoms with Crippen molar-refractivity contribution in [3.05, 3.63) is 107 Å². The Hall–Kier alpha value is -3.53. The van der Waals surface area contributed by atoms with Gasteiger partial charge in [-0.3, -0.25) is 4.79 Å². The van der Waals surface area contributed by atoms with Crippen molar-refractivity contribution < 1.29 is 9.53 Å². The van der Waals surface area contributed by atoms with Crippen molar-refractivity contribution in [2.45, 2.75) is 50.7 Å². The molecule has 3 aliphatic rings. The number of fused-ring (bicyclic) bond motifs is 3. The van der Waals surface area contributed by atoms with Gasteiger partial charge in [0.25, 0.3) is 5.91 Å². The Labute approximate surface area is 214 Å². The van der Waals surface area contributed by atoms with Crippen LogP contribution in [0.25, 0.3) is 0 Å². The molecule has 184 valence electrons. The molecule has 3 aromatic carbocycles. The van der Waals surface area contributed by atoms with Crippen molar-refractivity contribution in [2.75, 3.05) is 18.4 Å². The van der Waals surface area contributed by atoms with E-state index >= 15 is 0 Å². The molecule has 2 heterocycles. The molecule has 3 aromatic rings. The minimum atomic E-state index is 0.0718. The zero-order valence-electron chi connectivity index (χ0n) is 20.7. The van der Waals surface area contributed by atoms with E-state index in [9.17, 15) is 4.79 Å². The second kappa shape index (κ2) is 10.2. The molecule has 2 aliphatic heterocycles. The van der Waals surface area contributed by atoms with E-state index in [1.807, 2.05) is 30.3 Å². The van der Waals surface area contributed by atoms with Gasteiger partial charge < -0.3 is 15.0 Å². The SMILES string of the molecule is O=C(c1cccc2c1NC(c1ccccc1OCc1ccccc1)C1CC=CC21)N1CCCCCC1. The van der Waals surface area contributed by atoms with Crippen LogP contribution in [0, 0.1) is 5.92 Å². The molecule has 0 saturated carbocycles. The first-order chi connectivity index (χ1) is 17.8. The summed E-state index contributed by atoms with van der Waals surface area (Å²) in [5, 5.41) is 3.86. The van der Waals surface area contributed by atoms with Crippen molar-refractivity contribution in [3.63, 3.8) is 0 Å². The Morgan fingerprint density at radius 1 is 0.861 bits per heavy atom. The largest absolute Gasteiger partial charge is 0.489 e. The van der Waals surface area contributed by atoms with Gasteiger partial charge in [-0.15, -0.1) is 0 Å². The summed E-state index contributed by atoms with van der Waals surface area (Å²) in [7, 11) is 0. The maximum absolute atomic E-state index is 13.7. The lowest BCUT2D eigenvalue weighted by atomic mass is 9.76. The van der Waals surface area contributed by atoms with Crippen LogP contribution in [0.2, 0.25) is 0 Å². The van der Waals surface area contributed by atoms with E-state index in [0.29, 0.717) is 18.4 Å². The van der Waals surface area contributed by atoms with E-state index < -0.39 is 0 Å². The summed E-state index contributed by atoms with van der Waals surface area (Å²) in [4.78, 5) is 15.8. The van der Waals surface area contributed by atoms with Gasteiger partial charge in [0.1, 0.15) is 12.4 Å². The van der Waals surface area contributed by atoms with Crippen LogP contribution in [0.4, 0.5) is 5.69 Å². The Kier molecular flexibility index (Phi) is 6.50. The number of anilines is 1. The van der Waals surface area contributed by atoms with Crippen LogP contribution in [0.1, 0.15) is 71.1 Å². The number of ether oxygens (including phenoxy) is 1. The van der Waals surface area contributed by atoms with Gasteiger partial charge in [-0.05, 0) is 48.4 Å². The lowest BCUT2D eigenvalue weighted by molar-refractivity contribution is 0.0762. The Bertz CT molecular complexity index is 1240. The maximum Gasteiger partial charge on any atom is 0.255 e. The highest BCUT2D eigenvalue weighted by atomic mass is 16.5. The number of nitrogens with one attached hydrogen (secondary N) is 1. The quantitative estimate of drug-likeness (QED) is 0.397. The van der Waals surface area contributed by atoms with Gasteiger partial charge in [-0.25, -0.2) is 0 Å². The van der Waals surface area contributed by atoms with Crippen molar-refractivity contribution in [2.24, 2.45) is 5.92 Å². The molecular weight excluding hydrogens is 444 g/mol. The zero-order valence-corrected chi connectivity index (χ0v) is 20.7. The van der Waals surface area contributed by atoms with Gasteiger partial charge >= 0.3 is 0 Å². The van der Waals surface area contributed by atoms with E-state index in [2.05, 4.69) is 64.8 Å². The minimum Gasteiger partial charge on any atom is -0.489 e. The predicted molar refractivity (Wildman–Crippen MR) is 144 cm³/mol.